The third-order valence-corrected chi connectivity index (χ3v) is 11.0. The smallest absolute Gasteiger partial charge is 1.00 e. The van der Waals surface area contributed by atoms with Crippen LogP contribution >= 0.6 is 0 Å². The number of aromatic hydroxyl groups is 4. The molecule has 10 N–H and O–H groups in total. The number of benzene rings is 4. The predicted molar refractivity (Wildman–Crippen MR) is 232 cm³/mol. The monoisotopic (exact) mass is 928 g/mol. The van der Waals surface area contributed by atoms with Crippen LogP contribution in [-0.4, -0.2) is 99.6 Å². The molecule has 19 nitrogen and oxygen atoms in total. The summed E-state index contributed by atoms with van der Waals surface area (Å²) in [4.78, 5) is 21.0. The van der Waals surface area contributed by atoms with Crippen molar-refractivity contribution in [2.75, 3.05) is 27.4 Å². The van der Waals surface area contributed by atoms with Crippen molar-refractivity contribution in [1.82, 2.24) is 16.1 Å². The topological polar surface area (TPSA) is 293 Å². The third-order valence-electron chi connectivity index (χ3n) is 11.0. The van der Waals surface area contributed by atoms with Gasteiger partial charge in [0.1, 0.15) is 65.5 Å². The van der Waals surface area contributed by atoms with Crippen LogP contribution in [-0.2, 0) is 0 Å². The molecule has 0 bridgehead atoms. The van der Waals surface area contributed by atoms with E-state index in [0.717, 1.165) is 23.3 Å². The molecule has 0 fully saturated rings. The number of hydrogen-bond donors (Lipinski definition) is 8. The van der Waals surface area contributed by atoms with Gasteiger partial charge in [0.2, 0.25) is 17.5 Å². The first-order valence-electron chi connectivity index (χ1n) is 19.8. The van der Waals surface area contributed by atoms with Crippen LogP contribution in [0.3, 0.4) is 0 Å². The first-order chi connectivity index (χ1) is 30.9. The van der Waals surface area contributed by atoms with Crippen LogP contribution in [0.25, 0.3) is 0 Å². The summed E-state index contributed by atoms with van der Waals surface area (Å²) in [6.07, 6.45) is -3.85. The molecule has 6 heterocycles. The zero-order valence-electron chi connectivity index (χ0n) is 37.2. The van der Waals surface area contributed by atoms with Gasteiger partial charge in [0.15, 0.2) is 53.5 Å². The van der Waals surface area contributed by atoms with Crippen LogP contribution in [0, 0.1) is 0 Å². The van der Waals surface area contributed by atoms with Crippen LogP contribution in [0.15, 0.2) is 97.3 Å². The van der Waals surface area contributed by atoms with Crippen molar-refractivity contribution in [3.63, 3.8) is 0 Å². The number of rotatable bonds is 6. The maximum atomic E-state index is 12.7. The summed E-state index contributed by atoms with van der Waals surface area (Å²) in [5.41, 5.74) is 2.46. The summed E-state index contributed by atoms with van der Waals surface area (Å²) in [7, 11) is 3.08. The molecule has 7 unspecified atom stereocenters. The number of Topliss-reactive ketones (excluding diaryl/α,β-unsaturated/α-hetero) is 1. The minimum atomic E-state index is -1.55. The Kier molecular flexibility index (Phi) is 15.2. The molecule has 0 saturated heterocycles. The largest absolute Gasteiger partial charge is 1.00 e. The number of nitrogens with zero attached hydrogens (tertiary/aromatic N) is 2. The van der Waals surface area contributed by atoms with E-state index in [-0.39, 0.29) is 92.0 Å². The molecule has 10 rings (SSSR count). The molecule has 21 heteroatoms. The molecule has 0 amide bonds. The summed E-state index contributed by atoms with van der Waals surface area (Å²) in [6, 6.07) is 21.8. The molecule has 2 aromatic heterocycles. The fraction of sp³-hybridized carbons (Fsp3) is 0.239. The van der Waals surface area contributed by atoms with Gasteiger partial charge in [-0.1, -0.05) is 12.1 Å². The van der Waals surface area contributed by atoms with Gasteiger partial charge in [-0.15, -0.1) is 0 Å². The van der Waals surface area contributed by atoms with Gasteiger partial charge in [-0.2, -0.15) is 0 Å². The Morgan fingerprint density at radius 2 is 1.04 bits per heavy atom. The second-order valence-corrected chi connectivity index (χ2v) is 15.1. The third kappa shape index (κ3) is 9.77. The molecule has 4 aliphatic heterocycles. The van der Waals surface area contributed by atoms with Gasteiger partial charge in [-0.25, -0.2) is 9.97 Å². The van der Waals surface area contributed by atoms with Crippen molar-refractivity contribution >= 4 is 14.2 Å². The quantitative estimate of drug-likeness (QED) is 0.111. The number of aromatic nitrogens is 2. The zero-order chi connectivity index (χ0) is 44.8. The molecule has 4 aliphatic rings. The molecule has 0 spiro atoms. The zero-order valence-corrected chi connectivity index (χ0v) is 38.2. The van der Waals surface area contributed by atoms with E-state index in [1.165, 1.54) is 19.2 Å². The van der Waals surface area contributed by atoms with E-state index in [4.69, 9.17) is 37.9 Å². The molecule has 0 saturated carbocycles. The standard InChI is InChI=1S/C23H21NO8.C23H19NO8.B.H3N.Na.H/c2*1-29-19-5-3-12(9-24-19)18-10-30-15-4-2-11(6-16(15)31-18)23-22(28)21(27)20-14(26)7-13(25)8-17(20)32-23;;;;/h2-9,18,21-23,25-28H,10H2,1H3;2-9,18,22-23,25-26,28H,10H2,1H3;;1H3;;/q;;;;+1;-1. The Balaban J connectivity index is 0.000000240. The maximum absolute atomic E-state index is 12.7. The normalized spacial score (nSPS) is 21.6. The average molecular weight is 929 g/mol. The van der Waals surface area contributed by atoms with Crippen LogP contribution in [0.1, 0.15) is 70.1 Å². The SMILES string of the molecule is COc1ccc(C2COc3ccc(C4Oc5cc(O)cc(O)c5C(=O)C4O)cc3O2)cn1.COc1ccc(C2COc3ccc(C4Oc5cc(O)cc(O)c5C(O)C4O)cc3O2)cn1.N.[B].[H-].[Na+]. The fourth-order valence-corrected chi connectivity index (χ4v) is 7.73. The van der Waals surface area contributed by atoms with E-state index >= 15 is 0 Å². The number of ketones is 1. The molecule has 4 aromatic carbocycles. The number of hydrogen-bond acceptors (Lipinski definition) is 19. The van der Waals surface area contributed by atoms with Crippen molar-refractivity contribution in [2.24, 2.45) is 0 Å². The molecule has 0 aliphatic carbocycles. The van der Waals surface area contributed by atoms with Crippen molar-refractivity contribution in [3.8, 4) is 69.3 Å². The van der Waals surface area contributed by atoms with Crippen molar-refractivity contribution in [1.29, 1.82) is 0 Å². The predicted octanol–water partition coefficient (Wildman–Crippen LogP) is 2.13. The molecular formula is C46H44BN3NaO16. The van der Waals surface area contributed by atoms with Crippen LogP contribution in [0.5, 0.6) is 69.3 Å². The Morgan fingerprint density at radius 1 is 0.567 bits per heavy atom. The molecule has 67 heavy (non-hydrogen) atoms. The average Bonchev–Trinajstić information content (AvgIpc) is 3.30. The number of aliphatic hydroxyl groups excluding tert-OH is 3. The first kappa shape index (κ1) is 49.8. The second kappa shape index (κ2) is 20.5. The van der Waals surface area contributed by atoms with E-state index in [9.17, 15) is 40.5 Å². The van der Waals surface area contributed by atoms with Gasteiger partial charge in [0.25, 0.3) is 0 Å². The molecular weight excluding hydrogens is 884 g/mol. The van der Waals surface area contributed by atoms with Gasteiger partial charge in [0, 0.05) is 68.3 Å². The van der Waals surface area contributed by atoms with Crippen molar-refractivity contribution in [3.05, 3.63) is 131 Å². The summed E-state index contributed by atoms with van der Waals surface area (Å²) < 4.78 is 45.6. The summed E-state index contributed by atoms with van der Waals surface area (Å²) >= 11 is 0. The van der Waals surface area contributed by atoms with E-state index in [2.05, 4.69) is 9.97 Å². The molecule has 343 valence electrons. The maximum Gasteiger partial charge on any atom is 1.00 e. The van der Waals surface area contributed by atoms with Crippen LogP contribution in [0.4, 0.5) is 0 Å². The summed E-state index contributed by atoms with van der Waals surface area (Å²) in [5.74, 6) is 0.963. The number of methoxy groups -OCH3 is 2. The van der Waals surface area contributed by atoms with E-state index in [1.54, 1.807) is 68.0 Å². The number of aliphatic hydroxyl groups is 3. The molecule has 3 radical (unpaired) electrons. The molecule has 6 aromatic rings. The number of ether oxygens (including phenoxy) is 8. The number of phenols is 4. The number of fused-ring (bicyclic) bond motifs is 4. The Hall–Kier alpha value is -6.65. The van der Waals surface area contributed by atoms with E-state index < -0.39 is 54.3 Å². The number of pyridine rings is 2. The van der Waals surface area contributed by atoms with Crippen LogP contribution in [0.2, 0.25) is 0 Å². The van der Waals surface area contributed by atoms with Crippen LogP contribution < -0.4 is 73.6 Å². The first-order valence-corrected chi connectivity index (χ1v) is 19.8. The Bertz CT molecular complexity index is 2740. The van der Waals surface area contributed by atoms with E-state index in [1.807, 2.05) is 12.1 Å². The Labute approximate surface area is 408 Å². The fourth-order valence-electron chi connectivity index (χ4n) is 7.73. The second-order valence-electron chi connectivity index (χ2n) is 15.1. The van der Waals surface area contributed by atoms with Gasteiger partial charge >= 0.3 is 29.6 Å². The Morgan fingerprint density at radius 3 is 1.55 bits per heavy atom. The number of phenolic OH excluding ortho intramolecular Hbond substituents is 4. The number of carbonyl (C=O) groups is 1. The van der Waals surface area contributed by atoms with Gasteiger partial charge in [-0.3, -0.25) is 4.79 Å². The summed E-state index contributed by atoms with van der Waals surface area (Å²) in [6.45, 7) is 0.584. The van der Waals surface area contributed by atoms with Gasteiger partial charge in [0.05, 0.1) is 19.8 Å². The minimum absolute atomic E-state index is 0. The minimum Gasteiger partial charge on any atom is -1.00 e. The van der Waals surface area contributed by atoms with Crippen molar-refractivity contribution < 1.29 is 109 Å². The van der Waals surface area contributed by atoms with Gasteiger partial charge < -0.3 is 81.2 Å². The van der Waals surface area contributed by atoms with Gasteiger partial charge in [-0.05, 0) is 47.5 Å². The summed E-state index contributed by atoms with van der Waals surface area (Å²) in [5, 5.41) is 71.4. The molecule has 7 atom stereocenters. The number of carbonyl (C=O) groups excluding carboxylic acids is 1. The van der Waals surface area contributed by atoms with E-state index in [0.29, 0.717) is 52.5 Å². The van der Waals surface area contributed by atoms with Crippen molar-refractivity contribution in [2.45, 2.75) is 42.7 Å².